The smallest absolute Gasteiger partial charge is 0.325 e. The fourth-order valence-electron chi connectivity index (χ4n) is 1.51. The molecule has 1 aromatic carbocycles. The van der Waals surface area contributed by atoms with E-state index in [0.717, 1.165) is 0 Å². The molecule has 0 spiro atoms. The highest BCUT2D eigenvalue weighted by Gasteiger charge is 2.16. The number of ether oxygens (including phenoxy) is 1. The van der Waals surface area contributed by atoms with Gasteiger partial charge < -0.3 is 15.0 Å². The summed E-state index contributed by atoms with van der Waals surface area (Å²) in [6, 6.07) is 5.10. The van der Waals surface area contributed by atoms with Crippen LogP contribution in [-0.4, -0.2) is 37.1 Å². The van der Waals surface area contributed by atoms with Crippen LogP contribution in [0.3, 0.4) is 0 Å². The average molecular weight is 268 g/mol. The number of amides is 2. The van der Waals surface area contributed by atoms with Crippen LogP contribution in [0, 0.1) is 5.82 Å². The lowest BCUT2D eigenvalue weighted by Gasteiger charge is -2.21. The Morgan fingerprint density at radius 2 is 2.16 bits per heavy atom. The second kappa shape index (κ2) is 7.35. The van der Waals surface area contributed by atoms with Crippen molar-refractivity contribution >= 4 is 17.7 Å². The Kier molecular flexibility index (Phi) is 5.78. The zero-order valence-corrected chi connectivity index (χ0v) is 11.0. The first-order chi connectivity index (χ1) is 9.06. The summed E-state index contributed by atoms with van der Waals surface area (Å²) in [6.07, 6.45) is 0.702. The Labute approximate surface area is 111 Å². The topological polar surface area (TPSA) is 58.6 Å². The third kappa shape index (κ3) is 4.95. The van der Waals surface area contributed by atoms with Gasteiger partial charge in [-0.1, -0.05) is 13.0 Å². The van der Waals surface area contributed by atoms with Gasteiger partial charge in [-0.05, 0) is 24.6 Å². The van der Waals surface area contributed by atoms with E-state index < -0.39 is 17.8 Å². The van der Waals surface area contributed by atoms with Crippen LogP contribution >= 0.6 is 0 Å². The van der Waals surface area contributed by atoms with Crippen LogP contribution in [0.2, 0.25) is 0 Å². The van der Waals surface area contributed by atoms with Gasteiger partial charge >= 0.3 is 12.0 Å². The normalized spacial score (nSPS) is 9.84. The van der Waals surface area contributed by atoms with E-state index in [0.29, 0.717) is 18.7 Å². The molecule has 2 amide bonds. The maximum Gasteiger partial charge on any atom is 0.325 e. The number of anilines is 1. The Bertz CT molecular complexity index is 451. The Hall–Kier alpha value is -2.11. The second-order valence-electron chi connectivity index (χ2n) is 3.94. The fraction of sp³-hybridized carbons (Fsp3) is 0.385. The second-order valence-corrected chi connectivity index (χ2v) is 3.94. The van der Waals surface area contributed by atoms with E-state index in [1.54, 1.807) is 6.07 Å². The summed E-state index contributed by atoms with van der Waals surface area (Å²) in [5.74, 6) is -0.935. The molecule has 0 aliphatic rings. The molecule has 0 fully saturated rings. The Balaban J connectivity index is 2.68. The molecule has 0 saturated heterocycles. The maximum atomic E-state index is 13.0. The number of nitrogens with zero attached hydrogens (tertiary/aromatic N) is 1. The van der Waals surface area contributed by atoms with Crippen molar-refractivity contribution in [1.82, 2.24) is 4.90 Å². The Morgan fingerprint density at radius 3 is 2.74 bits per heavy atom. The lowest BCUT2D eigenvalue weighted by molar-refractivity contribution is -0.141. The standard InChI is InChI=1S/C13H17FN2O3/c1-3-7-16(9-12(17)19-2)13(18)15-11-6-4-5-10(14)8-11/h4-6,8H,3,7,9H2,1-2H3,(H,15,18). The van der Waals surface area contributed by atoms with Gasteiger partial charge in [0.1, 0.15) is 12.4 Å². The number of hydrogen-bond acceptors (Lipinski definition) is 3. The van der Waals surface area contributed by atoms with E-state index in [-0.39, 0.29) is 6.54 Å². The minimum atomic E-state index is -0.497. The highest BCUT2D eigenvalue weighted by atomic mass is 19.1. The van der Waals surface area contributed by atoms with Gasteiger partial charge in [0, 0.05) is 12.2 Å². The minimum absolute atomic E-state index is 0.133. The number of benzene rings is 1. The summed E-state index contributed by atoms with van der Waals surface area (Å²) < 4.78 is 17.5. The summed E-state index contributed by atoms with van der Waals surface area (Å²) in [6.45, 7) is 2.17. The zero-order chi connectivity index (χ0) is 14.3. The summed E-state index contributed by atoms with van der Waals surface area (Å²) in [7, 11) is 1.26. The monoisotopic (exact) mass is 268 g/mol. The summed E-state index contributed by atoms with van der Waals surface area (Å²) in [5, 5.41) is 2.54. The highest BCUT2D eigenvalue weighted by molar-refractivity contribution is 5.91. The molecule has 0 aliphatic carbocycles. The van der Waals surface area contributed by atoms with Crippen LogP contribution in [0.15, 0.2) is 24.3 Å². The number of nitrogens with one attached hydrogen (secondary N) is 1. The molecule has 5 nitrogen and oxygen atoms in total. The molecular weight excluding hydrogens is 251 g/mol. The van der Waals surface area contributed by atoms with Crippen molar-refractivity contribution in [2.45, 2.75) is 13.3 Å². The maximum absolute atomic E-state index is 13.0. The number of carbonyl (C=O) groups excluding carboxylic acids is 2. The number of methoxy groups -OCH3 is 1. The van der Waals surface area contributed by atoms with Crippen molar-refractivity contribution in [2.75, 3.05) is 25.5 Å². The molecule has 1 aromatic rings. The van der Waals surface area contributed by atoms with Gasteiger partial charge in [-0.3, -0.25) is 4.79 Å². The van der Waals surface area contributed by atoms with Crippen LogP contribution in [0.4, 0.5) is 14.9 Å². The minimum Gasteiger partial charge on any atom is -0.468 e. The van der Waals surface area contributed by atoms with E-state index in [2.05, 4.69) is 10.1 Å². The Morgan fingerprint density at radius 1 is 1.42 bits per heavy atom. The van der Waals surface area contributed by atoms with Crippen molar-refractivity contribution in [3.63, 3.8) is 0 Å². The molecule has 104 valence electrons. The van der Waals surface area contributed by atoms with Gasteiger partial charge in [0.05, 0.1) is 7.11 Å². The molecule has 0 heterocycles. The van der Waals surface area contributed by atoms with Gasteiger partial charge in [0.15, 0.2) is 0 Å². The largest absolute Gasteiger partial charge is 0.468 e. The third-order valence-corrected chi connectivity index (χ3v) is 2.40. The van der Waals surface area contributed by atoms with Crippen LogP contribution in [0.25, 0.3) is 0 Å². The molecular formula is C13H17FN2O3. The van der Waals surface area contributed by atoms with Crippen molar-refractivity contribution in [3.8, 4) is 0 Å². The lowest BCUT2D eigenvalue weighted by Crippen LogP contribution is -2.39. The van der Waals surface area contributed by atoms with Gasteiger partial charge in [0.2, 0.25) is 0 Å². The number of carbonyl (C=O) groups is 2. The molecule has 0 atom stereocenters. The SMILES string of the molecule is CCCN(CC(=O)OC)C(=O)Nc1cccc(F)c1. The molecule has 0 unspecified atom stereocenters. The van der Waals surface area contributed by atoms with Crippen molar-refractivity contribution in [1.29, 1.82) is 0 Å². The molecule has 1 rings (SSSR count). The average Bonchev–Trinajstić information content (AvgIpc) is 2.38. The molecule has 0 aliphatic heterocycles. The van der Waals surface area contributed by atoms with Crippen LogP contribution in [0.5, 0.6) is 0 Å². The molecule has 0 aromatic heterocycles. The van der Waals surface area contributed by atoms with E-state index in [9.17, 15) is 14.0 Å². The van der Waals surface area contributed by atoms with E-state index in [4.69, 9.17) is 0 Å². The molecule has 1 N–H and O–H groups in total. The molecule has 6 heteroatoms. The molecule has 0 radical (unpaired) electrons. The molecule has 0 saturated carbocycles. The first-order valence-corrected chi connectivity index (χ1v) is 5.95. The van der Waals surface area contributed by atoms with Crippen molar-refractivity contribution in [2.24, 2.45) is 0 Å². The van der Waals surface area contributed by atoms with E-state index >= 15 is 0 Å². The van der Waals surface area contributed by atoms with Crippen LogP contribution in [-0.2, 0) is 9.53 Å². The number of hydrogen-bond donors (Lipinski definition) is 1. The van der Waals surface area contributed by atoms with Crippen LogP contribution < -0.4 is 5.32 Å². The predicted molar refractivity (Wildman–Crippen MR) is 69.3 cm³/mol. The predicted octanol–water partition coefficient (Wildman–Crippen LogP) is 2.24. The van der Waals surface area contributed by atoms with Gasteiger partial charge in [-0.2, -0.15) is 0 Å². The summed E-state index contributed by atoms with van der Waals surface area (Å²) in [4.78, 5) is 24.5. The van der Waals surface area contributed by atoms with Crippen molar-refractivity contribution < 1.29 is 18.7 Å². The quantitative estimate of drug-likeness (QED) is 0.833. The first kappa shape index (κ1) is 14.9. The van der Waals surface area contributed by atoms with E-state index in [1.165, 1.54) is 30.2 Å². The summed E-state index contributed by atoms with van der Waals surface area (Å²) in [5.41, 5.74) is 0.343. The lowest BCUT2D eigenvalue weighted by atomic mass is 10.3. The number of rotatable bonds is 5. The van der Waals surface area contributed by atoms with Gasteiger partial charge in [-0.15, -0.1) is 0 Å². The highest BCUT2D eigenvalue weighted by Crippen LogP contribution is 2.10. The van der Waals surface area contributed by atoms with E-state index in [1.807, 2.05) is 6.92 Å². The number of urea groups is 1. The third-order valence-electron chi connectivity index (χ3n) is 2.40. The van der Waals surface area contributed by atoms with Crippen molar-refractivity contribution in [3.05, 3.63) is 30.1 Å². The number of halogens is 1. The van der Waals surface area contributed by atoms with Crippen LogP contribution in [0.1, 0.15) is 13.3 Å². The zero-order valence-electron chi connectivity index (χ0n) is 11.0. The van der Waals surface area contributed by atoms with Gasteiger partial charge in [0.25, 0.3) is 0 Å². The fourth-order valence-corrected chi connectivity index (χ4v) is 1.51. The summed E-state index contributed by atoms with van der Waals surface area (Å²) >= 11 is 0. The molecule has 0 bridgehead atoms. The number of esters is 1. The molecule has 19 heavy (non-hydrogen) atoms. The first-order valence-electron chi connectivity index (χ1n) is 5.95. The van der Waals surface area contributed by atoms with Gasteiger partial charge in [-0.25, -0.2) is 9.18 Å².